The van der Waals surface area contributed by atoms with Gasteiger partial charge in [-0.3, -0.25) is 0 Å². The van der Waals surface area contributed by atoms with Crippen LogP contribution in [0.2, 0.25) is 0 Å². The van der Waals surface area contributed by atoms with E-state index < -0.39 is 0 Å². The predicted molar refractivity (Wildman–Crippen MR) is 114 cm³/mol. The van der Waals surface area contributed by atoms with Crippen LogP contribution in [0.25, 0.3) is 0 Å². The first-order valence-corrected chi connectivity index (χ1v) is 12.4. The zero-order chi connectivity index (χ0) is 19.6. The highest BCUT2D eigenvalue weighted by Crippen LogP contribution is 2.66. The summed E-state index contributed by atoms with van der Waals surface area (Å²) in [5.41, 5.74) is 2.29. The second kappa shape index (κ2) is 6.84. The van der Waals surface area contributed by atoms with Crippen molar-refractivity contribution >= 4 is 0 Å². The summed E-state index contributed by atoms with van der Waals surface area (Å²) in [5.74, 6) is 3.59. The highest BCUT2D eigenvalue weighted by Gasteiger charge is 2.58. The van der Waals surface area contributed by atoms with Gasteiger partial charge in [0.2, 0.25) is 0 Å². The summed E-state index contributed by atoms with van der Waals surface area (Å²) in [5, 5.41) is 20.3. The van der Waals surface area contributed by atoms with E-state index in [1.54, 1.807) is 5.57 Å². The van der Waals surface area contributed by atoms with Crippen molar-refractivity contribution in [2.24, 2.45) is 34.5 Å². The number of unbranched alkanes of at least 4 members (excludes halogenated alkanes) is 1. The minimum Gasteiger partial charge on any atom is -0.393 e. The van der Waals surface area contributed by atoms with E-state index in [1.165, 1.54) is 57.8 Å². The number of rotatable bonds is 5. The van der Waals surface area contributed by atoms with E-state index in [0.717, 1.165) is 55.8 Å². The number of allylic oxidation sites excluding steroid dienone is 1. The molecule has 0 spiro atoms. The maximum atomic E-state index is 10.2. The third kappa shape index (κ3) is 3.13. The standard InChI is InChI=1S/C26H42O2/c1-24-14-11-23-21(8-6-19-17-20(27)10-13-25(19,23)2)22(24)9-7-18(24)5-3-4-12-26(28)15-16-26/h6,18,20-23,27-28H,3-5,7-17H2,1-2H3/t18-,20?,21-,22?,23?,24?,25?/m0/s1. The van der Waals surface area contributed by atoms with Gasteiger partial charge in [-0.1, -0.05) is 38.3 Å². The molecule has 0 saturated heterocycles. The van der Waals surface area contributed by atoms with Gasteiger partial charge in [-0.25, -0.2) is 0 Å². The van der Waals surface area contributed by atoms with Crippen LogP contribution in [0.3, 0.4) is 0 Å². The summed E-state index contributed by atoms with van der Waals surface area (Å²) >= 11 is 0. The fourth-order valence-electron chi connectivity index (χ4n) is 8.46. The molecule has 0 heterocycles. The smallest absolute Gasteiger partial charge is 0.0650 e. The molecule has 0 aromatic carbocycles. The molecule has 0 radical (unpaired) electrons. The number of hydrogen-bond donors (Lipinski definition) is 2. The minimum absolute atomic E-state index is 0.0886. The summed E-state index contributed by atoms with van der Waals surface area (Å²) in [6.07, 6.45) is 19.7. The van der Waals surface area contributed by atoms with Gasteiger partial charge >= 0.3 is 0 Å². The van der Waals surface area contributed by atoms with E-state index in [2.05, 4.69) is 19.9 Å². The largest absolute Gasteiger partial charge is 0.393 e. The zero-order valence-corrected chi connectivity index (χ0v) is 18.3. The average molecular weight is 387 g/mol. The van der Waals surface area contributed by atoms with Crippen LogP contribution in [-0.2, 0) is 0 Å². The van der Waals surface area contributed by atoms with Gasteiger partial charge in [0.15, 0.2) is 0 Å². The third-order valence-corrected chi connectivity index (χ3v) is 10.5. The van der Waals surface area contributed by atoms with E-state index in [9.17, 15) is 10.2 Å². The molecule has 4 saturated carbocycles. The number of aliphatic hydroxyl groups is 2. The molecule has 2 N–H and O–H groups in total. The van der Waals surface area contributed by atoms with Gasteiger partial charge in [0, 0.05) is 0 Å². The van der Waals surface area contributed by atoms with Crippen molar-refractivity contribution in [1.82, 2.24) is 0 Å². The molecule has 0 aliphatic heterocycles. The SMILES string of the molecule is CC12CCC(O)CC1=CC[C@@H]1C2CCC2(C)C1CC[C@@H]2CCCCC1(O)CC1. The average Bonchev–Trinajstić information content (AvgIpc) is 3.30. The first-order chi connectivity index (χ1) is 13.3. The summed E-state index contributed by atoms with van der Waals surface area (Å²) in [4.78, 5) is 0. The lowest BCUT2D eigenvalue weighted by Crippen LogP contribution is -2.50. The molecule has 2 nitrogen and oxygen atoms in total. The lowest BCUT2D eigenvalue weighted by molar-refractivity contribution is -0.0509. The van der Waals surface area contributed by atoms with Gasteiger partial charge in [-0.05, 0) is 112 Å². The van der Waals surface area contributed by atoms with Crippen LogP contribution in [0.1, 0.15) is 104 Å². The van der Waals surface area contributed by atoms with E-state index in [-0.39, 0.29) is 11.7 Å². The zero-order valence-electron chi connectivity index (χ0n) is 18.3. The first-order valence-electron chi connectivity index (χ1n) is 12.4. The Bertz CT molecular complexity index is 634. The lowest BCUT2D eigenvalue weighted by atomic mass is 9.47. The van der Waals surface area contributed by atoms with E-state index in [1.807, 2.05) is 0 Å². The Labute approximate surface area is 172 Å². The summed E-state index contributed by atoms with van der Waals surface area (Å²) < 4.78 is 0. The second-order valence-electron chi connectivity index (χ2n) is 11.9. The lowest BCUT2D eigenvalue weighted by Gasteiger charge is -2.58. The van der Waals surface area contributed by atoms with Crippen molar-refractivity contribution in [3.05, 3.63) is 11.6 Å². The molecular weight excluding hydrogens is 344 g/mol. The van der Waals surface area contributed by atoms with Crippen molar-refractivity contribution in [1.29, 1.82) is 0 Å². The van der Waals surface area contributed by atoms with Gasteiger partial charge in [0.05, 0.1) is 11.7 Å². The first kappa shape index (κ1) is 19.6. The van der Waals surface area contributed by atoms with E-state index in [0.29, 0.717) is 10.8 Å². The Hall–Kier alpha value is -0.340. The monoisotopic (exact) mass is 386 g/mol. The molecule has 0 aromatic heterocycles. The highest BCUT2D eigenvalue weighted by atomic mass is 16.3. The molecule has 0 amide bonds. The molecule has 5 rings (SSSR count). The van der Waals surface area contributed by atoms with Crippen molar-refractivity contribution in [2.45, 2.75) is 115 Å². The molecule has 2 heteroatoms. The predicted octanol–water partition coefficient (Wildman–Crippen LogP) is 6.01. The Morgan fingerprint density at radius 1 is 0.964 bits per heavy atom. The van der Waals surface area contributed by atoms with Crippen LogP contribution in [0.4, 0.5) is 0 Å². The Kier molecular flexibility index (Phi) is 4.79. The Morgan fingerprint density at radius 2 is 1.79 bits per heavy atom. The molecule has 158 valence electrons. The van der Waals surface area contributed by atoms with Crippen molar-refractivity contribution < 1.29 is 10.2 Å². The molecule has 4 fully saturated rings. The molecule has 7 atom stereocenters. The molecule has 5 aliphatic rings. The number of hydrogen-bond acceptors (Lipinski definition) is 2. The van der Waals surface area contributed by atoms with Crippen molar-refractivity contribution in [2.75, 3.05) is 0 Å². The van der Waals surface area contributed by atoms with Crippen LogP contribution in [-0.4, -0.2) is 21.9 Å². The topological polar surface area (TPSA) is 40.5 Å². The van der Waals surface area contributed by atoms with Crippen LogP contribution in [0, 0.1) is 34.5 Å². The van der Waals surface area contributed by atoms with Gasteiger partial charge in [-0.2, -0.15) is 0 Å². The molecule has 5 aliphatic carbocycles. The van der Waals surface area contributed by atoms with Gasteiger partial charge < -0.3 is 10.2 Å². The maximum absolute atomic E-state index is 10.2. The summed E-state index contributed by atoms with van der Waals surface area (Å²) in [7, 11) is 0. The molecule has 5 unspecified atom stereocenters. The maximum Gasteiger partial charge on any atom is 0.0650 e. The Balaban J connectivity index is 1.26. The third-order valence-electron chi connectivity index (χ3n) is 10.5. The molecular formula is C26H42O2. The molecule has 0 bridgehead atoms. The summed E-state index contributed by atoms with van der Waals surface area (Å²) in [6.45, 7) is 5.19. The minimum atomic E-state index is -0.255. The number of fused-ring (bicyclic) bond motifs is 5. The fourth-order valence-corrected chi connectivity index (χ4v) is 8.46. The Morgan fingerprint density at radius 3 is 2.57 bits per heavy atom. The highest BCUT2D eigenvalue weighted by molar-refractivity contribution is 5.25. The van der Waals surface area contributed by atoms with Crippen LogP contribution in [0.5, 0.6) is 0 Å². The van der Waals surface area contributed by atoms with Crippen LogP contribution in [0.15, 0.2) is 11.6 Å². The van der Waals surface area contributed by atoms with Gasteiger partial charge in [0.25, 0.3) is 0 Å². The van der Waals surface area contributed by atoms with Crippen molar-refractivity contribution in [3.8, 4) is 0 Å². The fraction of sp³-hybridized carbons (Fsp3) is 0.923. The van der Waals surface area contributed by atoms with Gasteiger partial charge in [-0.15, -0.1) is 0 Å². The van der Waals surface area contributed by atoms with E-state index >= 15 is 0 Å². The number of aliphatic hydroxyl groups excluding tert-OH is 1. The summed E-state index contributed by atoms with van der Waals surface area (Å²) in [6, 6.07) is 0. The van der Waals surface area contributed by atoms with Crippen LogP contribution >= 0.6 is 0 Å². The van der Waals surface area contributed by atoms with Gasteiger partial charge in [0.1, 0.15) is 0 Å². The molecule has 0 aromatic rings. The molecule has 28 heavy (non-hydrogen) atoms. The second-order valence-corrected chi connectivity index (χ2v) is 11.9. The van der Waals surface area contributed by atoms with Crippen LogP contribution < -0.4 is 0 Å². The normalized spacial score (nSPS) is 49.0. The quantitative estimate of drug-likeness (QED) is 0.448. The van der Waals surface area contributed by atoms with Crippen molar-refractivity contribution in [3.63, 3.8) is 0 Å². The van der Waals surface area contributed by atoms with E-state index in [4.69, 9.17) is 0 Å².